The third-order valence-corrected chi connectivity index (χ3v) is 4.23. The van der Waals surface area contributed by atoms with E-state index in [2.05, 4.69) is 5.32 Å². The van der Waals surface area contributed by atoms with E-state index in [0.717, 1.165) is 5.56 Å². The van der Waals surface area contributed by atoms with Crippen LogP contribution < -0.4 is 14.8 Å². The molecule has 0 heterocycles. The SMILES string of the molecule is COc1cc(C(=O)O[C@@H](C)C(=O)NCCc2ccc(F)cc2)cc(Cl)c1OC. The molecule has 0 aromatic heterocycles. The molecule has 0 unspecified atom stereocenters. The van der Waals surface area contributed by atoms with Gasteiger partial charge in [-0.25, -0.2) is 9.18 Å². The second kappa shape index (κ2) is 9.94. The quantitative estimate of drug-likeness (QED) is 0.676. The van der Waals surface area contributed by atoms with Gasteiger partial charge in [-0.3, -0.25) is 4.79 Å². The lowest BCUT2D eigenvalue weighted by molar-refractivity contribution is -0.129. The number of methoxy groups -OCH3 is 2. The summed E-state index contributed by atoms with van der Waals surface area (Å²) in [6, 6.07) is 8.81. The van der Waals surface area contributed by atoms with Crippen molar-refractivity contribution in [3.8, 4) is 11.5 Å². The molecular formula is C20H21ClFNO5. The number of halogens is 2. The smallest absolute Gasteiger partial charge is 0.339 e. The highest BCUT2D eigenvalue weighted by atomic mass is 35.5. The van der Waals surface area contributed by atoms with Gasteiger partial charge in [0.2, 0.25) is 0 Å². The van der Waals surface area contributed by atoms with Crippen LogP contribution in [0.15, 0.2) is 36.4 Å². The Morgan fingerprint density at radius 3 is 2.43 bits per heavy atom. The average Bonchev–Trinajstić information content (AvgIpc) is 2.68. The fourth-order valence-electron chi connectivity index (χ4n) is 2.44. The Hall–Kier alpha value is -2.80. The zero-order valence-electron chi connectivity index (χ0n) is 15.8. The largest absolute Gasteiger partial charge is 0.493 e. The van der Waals surface area contributed by atoms with Gasteiger partial charge in [0.05, 0.1) is 24.8 Å². The van der Waals surface area contributed by atoms with E-state index in [1.807, 2.05) is 0 Å². The van der Waals surface area contributed by atoms with E-state index in [9.17, 15) is 14.0 Å². The Morgan fingerprint density at radius 2 is 1.82 bits per heavy atom. The van der Waals surface area contributed by atoms with Crippen LogP contribution in [-0.4, -0.2) is 38.7 Å². The average molecular weight is 410 g/mol. The molecule has 0 aliphatic heterocycles. The Kier molecular flexibility index (Phi) is 7.63. The van der Waals surface area contributed by atoms with Gasteiger partial charge >= 0.3 is 5.97 Å². The summed E-state index contributed by atoms with van der Waals surface area (Å²) in [5.74, 6) is -0.902. The maximum absolute atomic E-state index is 12.9. The van der Waals surface area contributed by atoms with E-state index in [-0.39, 0.29) is 22.2 Å². The number of carbonyl (C=O) groups is 2. The van der Waals surface area contributed by atoms with Gasteiger partial charge in [0.15, 0.2) is 17.6 Å². The monoisotopic (exact) mass is 409 g/mol. The number of hydrogen-bond acceptors (Lipinski definition) is 5. The number of benzene rings is 2. The highest BCUT2D eigenvalue weighted by Gasteiger charge is 2.21. The highest BCUT2D eigenvalue weighted by Crippen LogP contribution is 2.36. The Bertz CT molecular complexity index is 841. The van der Waals surface area contributed by atoms with Crippen LogP contribution in [-0.2, 0) is 16.0 Å². The third-order valence-electron chi connectivity index (χ3n) is 3.95. The van der Waals surface area contributed by atoms with E-state index >= 15 is 0 Å². The summed E-state index contributed by atoms with van der Waals surface area (Å²) in [6.07, 6.45) is -0.481. The van der Waals surface area contributed by atoms with Crippen molar-refractivity contribution in [1.82, 2.24) is 5.32 Å². The number of ether oxygens (including phenoxy) is 3. The van der Waals surface area contributed by atoms with Gasteiger partial charge in [-0.1, -0.05) is 23.7 Å². The van der Waals surface area contributed by atoms with Crippen molar-refractivity contribution in [2.45, 2.75) is 19.4 Å². The lowest BCUT2D eigenvalue weighted by Crippen LogP contribution is -2.36. The summed E-state index contributed by atoms with van der Waals surface area (Å²) in [4.78, 5) is 24.4. The molecule has 0 saturated carbocycles. The summed E-state index contributed by atoms with van der Waals surface area (Å²) in [6.45, 7) is 1.79. The zero-order chi connectivity index (χ0) is 20.7. The number of nitrogens with one attached hydrogen (secondary N) is 1. The van der Waals surface area contributed by atoms with Crippen molar-refractivity contribution >= 4 is 23.5 Å². The fourth-order valence-corrected chi connectivity index (χ4v) is 2.73. The van der Waals surface area contributed by atoms with Crippen LogP contribution in [0, 0.1) is 5.82 Å². The zero-order valence-corrected chi connectivity index (χ0v) is 16.5. The van der Waals surface area contributed by atoms with E-state index < -0.39 is 18.0 Å². The van der Waals surface area contributed by atoms with Crippen LogP contribution >= 0.6 is 11.6 Å². The van der Waals surface area contributed by atoms with Crippen LogP contribution in [0.25, 0.3) is 0 Å². The van der Waals surface area contributed by atoms with Crippen molar-refractivity contribution in [2.24, 2.45) is 0 Å². The summed E-state index contributed by atoms with van der Waals surface area (Å²) >= 11 is 6.08. The number of amides is 1. The Labute approximate surface area is 167 Å². The molecule has 1 N–H and O–H groups in total. The molecule has 1 amide bonds. The predicted octanol–water partition coefficient (Wildman–Crippen LogP) is 3.40. The molecule has 8 heteroatoms. The van der Waals surface area contributed by atoms with Crippen molar-refractivity contribution < 1.29 is 28.2 Å². The minimum Gasteiger partial charge on any atom is -0.493 e. The summed E-state index contributed by atoms with van der Waals surface area (Å²) in [5, 5.41) is 2.86. The van der Waals surface area contributed by atoms with Gasteiger partial charge in [0.1, 0.15) is 5.82 Å². The van der Waals surface area contributed by atoms with E-state index in [1.165, 1.54) is 45.4 Å². The summed E-state index contributed by atoms with van der Waals surface area (Å²) < 4.78 is 28.3. The molecule has 2 rings (SSSR count). The first-order valence-electron chi connectivity index (χ1n) is 8.50. The summed E-state index contributed by atoms with van der Waals surface area (Å²) in [5.41, 5.74) is 1.01. The minimum absolute atomic E-state index is 0.133. The van der Waals surface area contributed by atoms with Crippen LogP contribution in [0.3, 0.4) is 0 Å². The molecule has 0 aliphatic rings. The second-order valence-corrected chi connectivity index (χ2v) is 6.32. The van der Waals surface area contributed by atoms with Crippen molar-refractivity contribution in [3.05, 3.63) is 58.4 Å². The van der Waals surface area contributed by atoms with Gasteiger partial charge < -0.3 is 19.5 Å². The van der Waals surface area contributed by atoms with Gasteiger partial charge in [0, 0.05) is 6.54 Å². The molecule has 0 saturated heterocycles. The first-order valence-corrected chi connectivity index (χ1v) is 8.88. The van der Waals surface area contributed by atoms with Gasteiger partial charge in [-0.05, 0) is 43.2 Å². The molecule has 150 valence electrons. The number of esters is 1. The lowest BCUT2D eigenvalue weighted by Gasteiger charge is -2.15. The van der Waals surface area contributed by atoms with Crippen molar-refractivity contribution in [2.75, 3.05) is 20.8 Å². The first kappa shape index (κ1) is 21.5. The molecular weight excluding hydrogens is 389 g/mol. The van der Waals surface area contributed by atoms with Crippen LogP contribution in [0.5, 0.6) is 11.5 Å². The van der Waals surface area contributed by atoms with Gasteiger partial charge in [-0.2, -0.15) is 0 Å². The molecule has 0 bridgehead atoms. The summed E-state index contributed by atoms with van der Waals surface area (Å²) in [7, 11) is 2.85. The topological polar surface area (TPSA) is 73.9 Å². The maximum Gasteiger partial charge on any atom is 0.339 e. The molecule has 0 spiro atoms. The van der Waals surface area contributed by atoms with Gasteiger partial charge in [-0.15, -0.1) is 0 Å². The highest BCUT2D eigenvalue weighted by molar-refractivity contribution is 6.32. The maximum atomic E-state index is 12.9. The van der Waals surface area contributed by atoms with Crippen molar-refractivity contribution in [3.63, 3.8) is 0 Å². The van der Waals surface area contributed by atoms with E-state index in [4.69, 9.17) is 25.8 Å². The number of hydrogen-bond donors (Lipinski definition) is 1. The van der Waals surface area contributed by atoms with Crippen molar-refractivity contribution in [1.29, 1.82) is 0 Å². The molecule has 0 fully saturated rings. The molecule has 2 aromatic carbocycles. The lowest BCUT2D eigenvalue weighted by atomic mass is 10.1. The third kappa shape index (κ3) is 5.60. The van der Waals surface area contributed by atoms with Crippen LogP contribution in [0.2, 0.25) is 5.02 Å². The van der Waals surface area contributed by atoms with Gasteiger partial charge in [0.25, 0.3) is 5.91 Å². The molecule has 1 atom stereocenters. The molecule has 0 aliphatic carbocycles. The Morgan fingerprint density at radius 1 is 1.14 bits per heavy atom. The number of carbonyl (C=O) groups excluding carboxylic acids is 2. The predicted molar refractivity (Wildman–Crippen MR) is 103 cm³/mol. The molecule has 0 radical (unpaired) electrons. The first-order chi connectivity index (χ1) is 13.3. The Balaban J connectivity index is 1.91. The minimum atomic E-state index is -1.01. The normalized spacial score (nSPS) is 11.5. The van der Waals surface area contributed by atoms with E-state index in [1.54, 1.807) is 12.1 Å². The number of rotatable bonds is 8. The van der Waals surface area contributed by atoms with E-state index in [0.29, 0.717) is 18.7 Å². The molecule has 6 nitrogen and oxygen atoms in total. The van der Waals surface area contributed by atoms with Crippen LogP contribution in [0.4, 0.5) is 4.39 Å². The van der Waals surface area contributed by atoms with Crippen LogP contribution in [0.1, 0.15) is 22.8 Å². The fraction of sp³-hybridized carbons (Fsp3) is 0.300. The molecule has 2 aromatic rings. The standard InChI is InChI=1S/C20H21ClFNO5/c1-12(19(24)23-9-8-13-4-6-15(22)7-5-13)28-20(25)14-10-16(21)18(27-3)17(11-14)26-2/h4-7,10-12H,8-9H2,1-3H3,(H,23,24)/t12-/m0/s1. The second-order valence-electron chi connectivity index (χ2n) is 5.91. The molecule has 28 heavy (non-hydrogen) atoms.